The molecule has 4 nitrogen and oxygen atoms in total. The minimum absolute atomic E-state index is 0.0890. The molecule has 0 bridgehead atoms. The molecule has 0 radical (unpaired) electrons. The standard InChI is InChI=1S/C23H18ClNO3S/c1-13-5-3-4-6-17(13)25-19(22-14(2)11-12-29-22)18(21(27)23(25)28)20(26)15-7-9-16(24)10-8-15/h3-12,19,26H,1-2H3/b20-18-. The van der Waals surface area contributed by atoms with E-state index < -0.39 is 17.7 Å². The van der Waals surface area contributed by atoms with Gasteiger partial charge in [-0.3, -0.25) is 14.5 Å². The van der Waals surface area contributed by atoms with Crippen LogP contribution in [0.4, 0.5) is 5.69 Å². The molecule has 2 heterocycles. The summed E-state index contributed by atoms with van der Waals surface area (Å²) in [6, 6.07) is 15.2. The van der Waals surface area contributed by atoms with Crippen LogP contribution in [0.5, 0.6) is 0 Å². The summed E-state index contributed by atoms with van der Waals surface area (Å²) in [7, 11) is 0. The van der Waals surface area contributed by atoms with Crippen molar-refractivity contribution in [1.82, 2.24) is 0 Å². The van der Waals surface area contributed by atoms with E-state index in [2.05, 4.69) is 0 Å². The number of aryl methyl sites for hydroxylation is 2. The molecular weight excluding hydrogens is 406 g/mol. The Balaban J connectivity index is 1.97. The van der Waals surface area contributed by atoms with E-state index in [1.807, 2.05) is 49.6 Å². The Morgan fingerprint density at radius 1 is 1.00 bits per heavy atom. The summed E-state index contributed by atoms with van der Waals surface area (Å²) >= 11 is 7.42. The van der Waals surface area contributed by atoms with E-state index >= 15 is 0 Å². The van der Waals surface area contributed by atoms with Gasteiger partial charge in [0.1, 0.15) is 11.8 Å². The monoisotopic (exact) mass is 423 g/mol. The number of para-hydroxylation sites is 1. The van der Waals surface area contributed by atoms with E-state index in [-0.39, 0.29) is 11.3 Å². The SMILES string of the molecule is Cc1ccccc1N1C(=O)C(=O)/C(=C(\O)c2ccc(Cl)cc2)C1c1sccc1C. The molecule has 1 aromatic heterocycles. The minimum Gasteiger partial charge on any atom is -0.507 e. The van der Waals surface area contributed by atoms with Gasteiger partial charge in [0.15, 0.2) is 0 Å². The van der Waals surface area contributed by atoms with Gasteiger partial charge in [-0.15, -0.1) is 11.3 Å². The van der Waals surface area contributed by atoms with Gasteiger partial charge in [-0.1, -0.05) is 29.8 Å². The molecule has 1 fully saturated rings. The molecule has 3 aromatic rings. The first-order valence-corrected chi connectivity index (χ1v) is 10.3. The van der Waals surface area contributed by atoms with Crippen molar-refractivity contribution in [2.45, 2.75) is 19.9 Å². The lowest BCUT2D eigenvalue weighted by Crippen LogP contribution is -2.30. The number of aliphatic hydroxyl groups is 1. The third kappa shape index (κ3) is 3.26. The third-order valence-corrected chi connectivity index (χ3v) is 6.41. The third-order valence-electron chi connectivity index (χ3n) is 5.09. The molecule has 4 rings (SSSR count). The van der Waals surface area contributed by atoms with Crippen LogP contribution in [-0.2, 0) is 9.59 Å². The number of benzene rings is 2. The summed E-state index contributed by atoms with van der Waals surface area (Å²) in [6.07, 6.45) is 0. The van der Waals surface area contributed by atoms with Gasteiger partial charge in [-0.2, -0.15) is 0 Å². The fourth-order valence-corrected chi connectivity index (χ4v) is 4.74. The first kappa shape index (κ1) is 19.4. The van der Waals surface area contributed by atoms with E-state index in [4.69, 9.17) is 11.6 Å². The summed E-state index contributed by atoms with van der Waals surface area (Å²) in [6.45, 7) is 3.83. The van der Waals surface area contributed by atoms with E-state index in [0.29, 0.717) is 16.3 Å². The molecule has 1 aliphatic rings. The first-order valence-electron chi connectivity index (χ1n) is 9.06. The van der Waals surface area contributed by atoms with Crippen LogP contribution in [0.25, 0.3) is 5.76 Å². The lowest BCUT2D eigenvalue weighted by Gasteiger charge is -2.26. The van der Waals surface area contributed by atoms with E-state index in [9.17, 15) is 14.7 Å². The van der Waals surface area contributed by atoms with Gasteiger partial charge in [0.25, 0.3) is 11.7 Å². The molecular formula is C23H18ClNO3S. The molecule has 1 saturated heterocycles. The smallest absolute Gasteiger partial charge is 0.300 e. The normalized spacial score (nSPS) is 18.4. The van der Waals surface area contributed by atoms with Gasteiger partial charge in [-0.05, 0) is 66.8 Å². The quantitative estimate of drug-likeness (QED) is 0.336. The molecule has 1 aliphatic heterocycles. The Morgan fingerprint density at radius 2 is 1.69 bits per heavy atom. The van der Waals surface area contributed by atoms with Crippen molar-refractivity contribution in [2.75, 3.05) is 4.90 Å². The Kier molecular flexibility index (Phi) is 5.03. The summed E-state index contributed by atoms with van der Waals surface area (Å²) in [5, 5.41) is 13.5. The van der Waals surface area contributed by atoms with Crippen LogP contribution < -0.4 is 4.90 Å². The van der Waals surface area contributed by atoms with Crippen molar-refractivity contribution in [2.24, 2.45) is 0 Å². The second-order valence-electron chi connectivity index (χ2n) is 6.93. The number of anilines is 1. The molecule has 6 heteroatoms. The average Bonchev–Trinajstić information content (AvgIpc) is 3.23. The number of ketones is 1. The van der Waals surface area contributed by atoms with Crippen molar-refractivity contribution in [3.05, 3.63) is 92.1 Å². The number of carbonyl (C=O) groups excluding carboxylic acids is 2. The second-order valence-corrected chi connectivity index (χ2v) is 8.31. The molecule has 1 unspecified atom stereocenters. The molecule has 1 atom stereocenters. The number of nitrogens with zero attached hydrogens (tertiary/aromatic N) is 1. The Hall–Kier alpha value is -2.89. The number of carbonyl (C=O) groups is 2. The molecule has 0 saturated carbocycles. The largest absolute Gasteiger partial charge is 0.507 e. The number of Topliss-reactive ketones (excluding diaryl/α,β-unsaturated/α-hetero) is 1. The van der Waals surface area contributed by atoms with E-state index in [0.717, 1.165) is 16.0 Å². The van der Waals surface area contributed by atoms with Gasteiger partial charge in [0.2, 0.25) is 0 Å². The lowest BCUT2D eigenvalue weighted by molar-refractivity contribution is -0.132. The fraction of sp³-hybridized carbons (Fsp3) is 0.130. The molecule has 146 valence electrons. The van der Waals surface area contributed by atoms with Crippen LogP contribution in [0.3, 0.4) is 0 Å². The Bertz CT molecular complexity index is 1150. The van der Waals surface area contributed by atoms with Crippen molar-refractivity contribution >= 4 is 46.1 Å². The fourth-order valence-electron chi connectivity index (χ4n) is 3.59. The number of thiophene rings is 1. The Morgan fingerprint density at radius 3 is 2.31 bits per heavy atom. The minimum atomic E-state index is -0.696. The van der Waals surface area contributed by atoms with Crippen molar-refractivity contribution < 1.29 is 14.7 Å². The number of amides is 1. The summed E-state index contributed by atoms with van der Waals surface area (Å²) in [5.74, 6) is -1.54. The average molecular weight is 424 g/mol. The summed E-state index contributed by atoms with van der Waals surface area (Å²) < 4.78 is 0. The lowest BCUT2D eigenvalue weighted by atomic mass is 9.98. The van der Waals surface area contributed by atoms with Crippen LogP contribution in [0.15, 0.2) is 65.6 Å². The van der Waals surface area contributed by atoms with Crippen molar-refractivity contribution in [3.63, 3.8) is 0 Å². The van der Waals surface area contributed by atoms with E-state index in [1.165, 1.54) is 16.2 Å². The van der Waals surface area contributed by atoms with Gasteiger partial charge in [-0.25, -0.2) is 0 Å². The van der Waals surface area contributed by atoms with Crippen LogP contribution >= 0.6 is 22.9 Å². The molecule has 29 heavy (non-hydrogen) atoms. The Labute approximate surface area is 177 Å². The highest BCUT2D eigenvalue weighted by molar-refractivity contribution is 7.10. The maximum absolute atomic E-state index is 13.1. The first-order chi connectivity index (χ1) is 13.9. The van der Waals surface area contributed by atoms with Gasteiger partial charge in [0.05, 0.1) is 5.57 Å². The second kappa shape index (κ2) is 7.50. The zero-order valence-corrected chi connectivity index (χ0v) is 17.4. The number of halogens is 1. The van der Waals surface area contributed by atoms with Gasteiger partial charge >= 0.3 is 0 Å². The predicted octanol–water partition coefficient (Wildman–Crippen LogP) is 5.64. The number of rotatable bonds is 3. The zero-order valence-electron chi connectivity index (χ0n) is 15.8. The summed E-state index contributed by atoms with van der Waals surface area (Å²) in [4.78, 5) is 28.5. The summed E-state index contributed by atoms with van der Waals surface area (Å²) in [5.41, 5.74) is 3.02. The molecule has 1 N–H and O–H groups in total. The van der Waals surface area contributed by atoms with Crippen LogP contribution in [0, 0.1) is 13.8 Å². The molecule has 0 aliphatic carbocycles. The highest BCUT2D eigenvalue weighted by Gasteiger charge is 2.48. The van der Waals surface area contributed by atoms with Crippen LogP contribution in [-0.4, -0.2) is 16.8 Å². The molecule has 2 aromatic carbocycles. The zero-order chi connectivity index (χ0) is 20.7. The number of aliphatic hydroxyl groups excluding tert-OH is 1. The van der Waals surface area contributed by atoms with Crippen molar-refractivity contribution in [1.29, 1.82) is 0 Å². The van der Waals surface area contributed by atoms with E-state index in [1.54, 1.807) is 24.3 Å². The van der Waals surface area contributed by atoms with Gasteiger partial charge in [0, 0.05) is 21.2 Å². The maximum Gasteiger partial charge on any atom is 0.300 e. The topological polar surface area (TPSA) is 57.6 Å². The molecule has 1 amide bonds. The number of hydrogen-bond donors (Lipinski definition) is 1. The van der Waals surface area contributed by atoms with Gasteiger partial charge < -0.3 is 5.11 Å². The number of hydrogen-bond acceptors (Lipinski definition) is 4. The molecule has 0 spiro atoms. The maximum atomic E-state index is 13.1. The highest BCUT2D eigenvalue weighted by atomic mass is 35.5. The van der Waals surface area contributed by atoms with Crippen LogP contribution in [0.1, 0.15) is 27.6 Å². The predicted molar refractivity (Wildman–Crippen MR) is 116 cm³/mol. The highest BCUT2D eigenvalue weighted by Crippen LogP contribution is 2.45. The van der Waals surface area contributed by atoms with Crippen LogP contribution in [0.2, 0.25) is 5.02 Å². The van der Waals surface area contributed by atoms with Crippen molar-refractivity contribution in [3.8, 4) is 0 Å².